The maximum absolute atomic E-state index is 12.6. The van der Waals surface area contributed by atoms with Gasteiger partial charge in [0.2, 0.25) is 5.95 Å². The maximum Gasteiger partial charge on any atom is 0.522 e. The number of ether oxygens (including phenoxy) is 4. The lowest BCUT2D eigenvalue weighted by molar-refractivity contribution is -0.325. The number of nitrogens with one attached hydrogen (secondary N) is 1. The number of halogens is 3. The molecule has 18 heteroatoms. The molecule has 0 unspecified atom stereocenters. The van der Waals surface area contributed by atoms with Crippen molar-refractivity contribution in [2.75, 3.05) is 25.1 Å². The van der Waals surface area contributed by atoms with Gasteiger partial charge in [-0.2, -0.15) is 5.26 Å². The Morgan fingerprint density at radius 3 is 2.56 bits per heavy atom. The van der Waals surface area contributed by atoms with Gasteiger partial charge in [-0.1, -0.05) is 6.07 Å². The summed E-state index contributed by atoms with van der Waals surface area (Å²) in [4.78, 5) is 11.4. The van der Waals surface area contributed by atoms with Gasteiger partial charge in [0.25, 0.3) is 5.88 Å². The molecule has 2 bridgehead atoms. The zero-order valence-corrected chi connectivity index (χ0v) is 27.0. The molecule has 1 aliphatic carbocycles. The summed E-state index contributed by atoms with van der Waals surface area (Å²) < 4.78 is 62.2. The van der Waals surface area contributed by atoms with Gasteiger partial charge < -0.3 is 24.4 Å². The summed E-state index contributed by atoms with van der Waals surface area (Å²) in [5.41, 5.74) is 2.17. The Balaban J connectivity index is 1.03. The highest BCUT2D eigenvalue weighted by Gasteiger charge is 2.38. The lowest BCUT2D eigenvalue weighted by Crippen LogP contribution is -2.41. The molecule has 2 aliphatic heterocycles. The van der Waals surface area contributed by atoms with E-state index in [-0.39, 0.29) is 30.6 Å². The van der Waals surface area contributed by atoms with E-state index in [1.165, 1.54) is 11.0 Å². The highest BCUT2D eigenvalue weighted by Crippen LogP contribution is 2.39. The highest BCUT2D eigenvalue weighted by molar-refractivity contribution is 5.67. The second-order valence-electron chi connectivity index (χ2n) is 12.3. The van der Waals surface area contributed by atoms with E-state index < -0.39 is 13.0 Å². The molecule has 1 saturated heterocycles. The van der Waals surface area contributed by atoms with Crippen LogP contribution in [0.1, 0.15) is 50.6 Å². The zero-order chi connectivity index (χ0) is 34.7. The summed E-state index contributed by atoms with van der Waals surface area (Å²) in [5.74, 6) is 1.80. The van der Waals surface area contributed by atoms with Crippen molar-refractivity contribution < 1.29 is 32.1 Å². The normalized spacial score (nSPS) is 20.6. The second kappa shape index (κ2) is 14.2. The molecule has 3 aliphatic rings. The van der Waals surface area contributed by atoms with Crippen LogP contribution >= 0.6 is 0 Å². The van der Waals surface area contributed by atoms with Gasteiger partial charge in [-0.3, -0.25) is 9.42 Å². The molecule has 2 fully saturated rings. The third-order valence-electron chi connectivity index (χ3n) is 8.86. The van der Waals surface area contributed by atoms with Crippen molar-refractivity contribution in [3.8, 4) is 28.8 Å². The first-order chi connectivity index (χ1) is 24.2. The van der Waals surface area contributed by atoms with Crippen LogP contribution in [0.2, 0.25) is 0 Å². The number of fused-ring (bicyclic) bond motifs is 2. The number of hydrogen-bond acceptors (Lipinski definition) is 13. The van der Waals surface area contributed by atoms with Gasteiger partial charge in [-0.05, 0) is 60.7 Å². The fourth-order valence-electron chi connectivity index (χ4n) is 6.52. The van der Waals surface area contributed by atoms with Gasteiger partial charge in [0.15, 0.2) is 0 Å². The van der Waals surface area contributed by atoms with E-state index in [1.54, 1.807) is 36.8 Å². The van der Waals surface area contributed by atoms with E-state index in [0.29, 0.717) is 41.2 Å². The van der Waals surface area contributed by atoms with Crippen molar-refractivity contribution in [2.45, 2.75) is 76.2 Å². The van der Waals surface area contributed by atoms with Crippen LogP contribution < -0.4 is 14.8 Å². The molecule has 0 spiro atoms. The van der Waals surface area contributed by atoms with Crippen LogP contribution in [-0.4, -0.2) is 89.2 Å². The third-order valence-corrected chi connectivity index (χ3v) is 8.86. The van der Waals surface area contributed by atoms with E-state index in [1.807, 2.05) is 11.6 Å². The van der Waals surface area contributed by atoms with Crippen LogP contribution in [-0.2, 0) is 16.0 Å². The Morgan fingerprint density at radius 1 is 1.08 bits per heavy atom. The zero-order valence-electron chi connectivity index (χ0n) is 27.0. The molecule has 5 heterocycles. The fraction of sp³-hybridized carbons (Fsp3) is 0.469. The molecule has 50 heavy (non-hydrogen) atoms. The van der Waals surface area contributed by atoms with Crippen LogP contribution in [0.3, 0.4) is 0 Å². The Kier molecular flexibility index (Phi) is 9.39. The molecule has 7 rings (SSSR count). The minimum Gasteiger partial charge on any atom is -0.494 e. The molecule has 0 amide bonds. The fourth-order valence-corrected chi connectivity index (χ4v) is 6.52. The molecule has 0 radical (unpaired) electrons. The summed E-state index contributed by atoms with van der Waals surface area (Å²) in [6.07, 6.45) is 8.23. The molecule has 4 aromatic rings. The Hall–Kier alpha value is -5.44. The monoisotopic (exact) mass is 693 g/mol. The number of benzene rings is 1. The van der Waals surface area contributed by atoms with E-state index in [2.05, 4.69) is 57.8 Å². The van der Waals surface area contributed by atoms with Gasteiger partial charge >= 0.3 is 6.36 Å². The minimum absolute atomic E-state index is 0.0888. The number of nitriles is 1. The average Bonchev–Trinajstić information content (AvgIpc) is 3.94. The number of nitrogens with zero attached hydrogens (tertiary/aromatic N) is 10. The molecule has 15 nitrogen and oxygen atoms in total. The van der Waals surface area contributed by atoms with Crippen molar-refractivity contribution in [1.82, 2.24) is 44.9 Å². The van der Waals surface area contributed by atoms with Gasteiger partial charge in [-0.15, -0.1) is 23.4 Å². The van der Waals surface area contributed by atoms with Crippen LogP contribution in [0.4, 0.5) is 24.8 Å². The molecule has 1 aromatic carbocycles. The first-order valence-corrected chi connectivity index (χ1v) is 16.3. The van der Waals surface area contributed by atoms with Crippen LogP contribution in [0.15, 0.2) is 55.1 Å². The summed E-state index contributed by atoms with van der Waals surface area (Å²) >= 11 is 0. The lowest BCUT2D eigenvalue weighted by atomic mass is 9.90. The van der Waals surface area contributed by atoms with Gasteiger partial charge in [0, 0.05) is 36.6 Å². The molecule has 3 aromatic heterocycles. The molecule has 1 saturated carbocycles. The van der Waals surface area contributed by atoms with Crippen molar-refractivity contribution in [1.29, 1.82) is 5.26 Å². The van der Waals surface area contributed by atoms with Crippen LogP contribution in [0, 0.1) is 11.3 Å². The molecular formula is C32H34F3N11O4. The number of hydrogen-bond donors (Lipinski definition) is 1. The van der Waals surface area contributed by atoms with Gasteiger partial charge in [0.05, 0.1) is 37.0 Å². The smallest absolute Gasteiger partial charge is 0.494 e. The quantitative estimate of drug-likeness (QED) is 0.191. The third kappa shape index (κ3) is 7.72. The Bertz CT molecular complexity index is 1840. The SMILES string of the molecule is C[C@@H](Cn1cnnn1)Oc1cc(-c2cnc(Nc3cn(C4CCC(N5C=C6C[C@@H]5CO6)CC4)nc3OCCOC(F)(F)F)nc2)ccc1C#N. The standard InChI is InChI=1S/C32H34F3N11O4/c1-20(15-44-19-39-42-43-44)50-29-10-21(2-3-22(29)12-36)23-13-37-31(38-14-23)40-28-17-46(41-30(28)47-8-9-49-32(33,34)35)25-6-4-24(5-7-25)45-16-27-11-26(45)18-48-27/h2-3,10,13-14,16-17,19-20,24-26H,4-9,11,15,18H2,1H3,(H,37,38,40)/t20-,24?,25?,26+/m0/s1. The van der Waals surface area contributed by atoms with E-state index in [0.717, 1.165) is 50.0 Å². The first kappa shape index (κ1) is 33.1. The predicted octanol–water partition coefficient (Wildman–Crippen LogP) is 4.75. The molecular weight excluding hydrogens is 659 g/mol. The van der Waals surface area contributed by atoms with Crippen LogP contribution in [0.5, 0.6) is 11.6 Å². The van der Waals surface area contributed by atoms with Crippen molar-refractivity contribution in [3.05, 3.63) is 60.6 Å². The van der Waals surface area contributed by atoms with Crippen molar-refractivity contribution >= 4 is 11.6 Å². The Morgan fingerprint density at radius 2 is 1.88 bits per heavy atom. The summed E-state index contributed by atoms with van der Waals surface area (Å²) in [6.45, 7) is 1.93. The number of rotatable bonds is 13. The van der Waals surface area contributed by atoms with Crippen LogP contribution in [0.25, 0.3) is 11.1 Å². The van der Waals surface area contributed by atoms with Crippen molar-refractivity contribution in [3.63, 3.8) is 0 Å². The van der Waals surface area contributed by atoms with Crippen molar-refractivity contribution in [2.24, 2.45) is 0 Å². The highest BCUT2D eigenvalue weighted by atomic mass is 19.4. The largest absolute Gasteiger partial charge is 0.522 e. The second-order valence-corrected chi connectivity index (χ2v) is 12.3. The summed E-state index contributed by atoms with van der Waals surface area (Å²) in [7, 11) is 0. The van der Waals surface area contributed by atoms with E-state index in [9.17, 15) is 18.4 Å². The van der Waals surface area contributed by atoms with Gasteiger partial charge in [-0.25, -0.2) is 14.6 Å². The number of alkyl halides is 3. The topological polar surface area (TPSA) is 163 Å². The first-order valence-electron chi connectivity index (χ1n) is 16.3. The minimum atomic E-state index is -4.76. The lowest BCUT2D eigenvalue weighted by Gasteiger charge is -2.38. The van der Waals surface area contributed by atoms with E-state index >= 15 is 0 Å². The van der Waals surface area contributed by atoms with E-state index in [4.69, 9.17) is 14.2 Å². The molecule has 262 valence electrons. The van der Waals surface area contributed by atoms with Gasteiger partial charge in [0.1, 0.15) is 48.9 Å². The predicted molar refractivity (Wildman–Crippen MR) is 169 cm³/mol. The Labute approximate surface area is 284 Å². The number of tetrazole rings is 1. The molecule has 2 atom stereocenters. The maximum atomic E-state index is 12.6. The summed E-state index contributed by atoms with van der Waals surface area (Å²) in [5, 5.41) is 28.4. The number of anilines is 2. The molecule has 1 N–H and O–H groups in total. The summed E-state index contributed by atoms with van der Waals surface area (Å²) in [6, 6.07) is 8.27. The average molecular weight is 694 g/mol. The number of aromatic nitrogens is 8.